The third-order valence-electron chi connectivity index (χ3n) is 3.44. The molecule has 0 bridgehead atoms. The summed E-state index contributed by atoms with van der Waals surface area (Å²) >= 11 is 0. The van der Waals surface area contributed by atoms with E-state index in [9.17, 15) is 0 Å². The summed E-state index contributed by atoms with van der Waals surface area (Å²) in [6.07, 6.45) is 3.94. The van der Waals surface area contributed by atoms with Crippen molar-refractivity contribution in [3.63, 3.8) is 0 Å². The van der Waals surface area contributed by atoms with Crippen molar-refractivity contribution in [3.8, 4) is 0 Å². The summed E-state index contributed by atoms with van der Waals surface area (Å²) in [4.78, 5) is 0. The van der Waals surface area contributed by atoms with E-state index in [0.29, 0.717) is 11.5 Å². The Kier molecular flexibility index (Phi) is 6.43. The molecule has 0 aromatic heterocycles. The van der Waals surface area contributed by atoms with Crippen molar-refractivity contribution in [1.82, 2.24) is 5.32 Å². The minimum Gasteiger partial charge on any atom is -0.315 e. The molecule has 1 nitrogen and oxygen atoms in total. The van der Waals surface area contributed by atoms with Gasteiger partial charge < -0.3 is 5.32 Å². The Morgan fingerprint density at radius 1 is 1.14 bits per heavy atom. The number of nitrogens with one attached hydrogen (secondary N) is 1. The highest BCUT2D eigenvalue weighted by Crippen LogP contribution is 2.34. The Bertz CT molecular complexity index is 140. The van der Waals surface area contributed by atoms with Crippen LogP contribution in [0.5, 0.6) is 0 Å². The zero-order valence-corrected chi connectivity index (χ0v) is 11.0. The SMILES string of the molecule is CCCC(C)C(C)(C)CC(C)NCC. The molecule has 1 N–H and O–H groups in total. The van der Waals surface area contributed by atoms with E-state index < -0.39 is 0 Å². The van der Waals surface area contributed by atoms with Crippen LogP contribution in [0.2, 0.25) is 0 Å². The highest BCUT2D eigenvalue weighted by atomic mass is 14.9. The van der Waals surface area contributed by atoms with E-state index in [1.165, 1.54) is 19.3 Å². The van der Waals surface area contributed by atoms with E-state index >= 15 is 0 Å². The fraction of sp³-hybridized carbons (Fsp3) is 1.00. The van der Waals surface area contributed by atoms with Crippen molar-refractivity contribution >= 4 is 0 Å². The standard InChI is InChI=1S/C13H29N/c1-7-9-11(3)13(5,6)10-12(4)14-8-2/h11-12,14H,7-10H2,1-6H3. The first kappa shape index (κ1) is 14.0. The highest BCUT2D eigenvalue weighted by Gasteiger charge is 2.26. The van der Waals surface area contributed by atoms with Gasteiger partial charge in [-0.1, -0.05) is 47.5 Å². The van der Waals surface area contributed by atoms with Crippen molar-refractivity contribution in [1.29, 1.82) is 0 Å². The number of hydrogen-bond acceptors (Lipinski definition) is 1. The van der Waals surface area contributed by atoms with Crippen LogP contribution in [-0.4, -0.2) is 12.6 Å². The Balaban J connectivity index is 4.03. The van der Waals surface area contributed by atoms with Gasteiger partial charge in [-0.2, -0.15) is 0 Å². The second kappa shape index (κ2) is 6.44. The monoisotopic (exact) mass is 199 g/mol. The lowest BCUT2D eigenvalue weighted by Crippen LogP contribution is -2.34. The lowest BCUT2D eigenvalue weighted by Gasteiger charge is -2.34. The molecule has 0 heterocycles. The minimum atomic E-state index is 0.470. The van der Waals surface area contributed by atoms with Gasteiger partial charge in [-0.05, 0) is 31.2 Å². The molecule has 0 aliphatic rings. The average molecular weight is 199 g/mol. The van der Waals surface area contributed by atoms with Gasteiger partial charge in [0.15, 0.2) is 0 Å². The van der Waals surface area contributed by atoms with E-state index in [-0.39, 0.29) is 0 Å². The fourth-order valence-corrected chi connectivity index (χ4v) is 2.23. The van der Waals surface area contributed by atoms with E-state index in [1.54, 1.807) is 0 Å². The maximum atomic E-state index is 3.50. The summed E-state index contributed by atoms with van der Waals surface area (Å²) < 4.78 is 0. The van der Waals surface area contributed by atoms with Crippen molar-refractivity contribution in [2.24, 2.45) is 11.3 Å². The molecule has 0 rings (SSSR count). The van der Waals surface area contributed by atoms with Gasteiger partial charge in [-0.3, -0.25) is 0 Å². The van der Waals surface area contributed by atoms with Gasteiger partial charge in [-0.15, -0.1) is 0 Å². The Hall–Kier alpha value is -0.0400. The quantitative estimate of drug-likeness (QED) is 0.657. The first-order valence-corrected chi connectivity index (χ1v) is 6.17. The molecular weight excluding hydrogens is 170 g/mol. The zero-order chi connectivity index (χ0) is 11.2. The minimum absolute atomic E-state index is 0.470. The van der Waals surface area contributed by atoms with Crippen LogP contribution in [-0.2, 0) is 0 Å². The maximum Gasteiger partial charge on any atom is 0.00437 e. The number of hydrogen-bond donors (Lipinski definition) is 1. The summed E-state index contributed by atoms with van der Waals surface area (Å²) in [7, 11) is 0. The molecule has 0 amide bonds. The van der Waals surface area contributed by atoms with Crippen LogP contribution in [0.15, 0.2) is 0 Å². The summed E-state index contributed by atoms with van der Waals surface area (Å²) in [6, 6.07) is 0.648. The van der Waals surface area contributed by atoms with E-state index in [2.05, 4.69) is 46.9 Å². The van der Waals surface area contributed by atoms with Crippen molar-refractivity contribution in [3.05, 3.63) is 0 Å². The first-order chi connectivity index (χ1) is 6.44. The molecule has 86 valence electrons. The van der Waals surface area contributed by atoms with Crippen molar-refractivity contribution in [2.75, 3.05) is 6.54 Å². The van der Waals surface area contributed by atoms with Gasteiger partial charge >= 0.3 is 0 Å². The molecule has 14 heavy (non-hydrogen) atoms. The molecule has 0 fully saturated rings. The lowest BCUT2D eigenvalue weighted by molar-refractivity contribution is 0.179. The second-order valence-electron chi connectivity index (χ2n) is 5.34. The molecule has 0 aliphatic carbocycles. The summed E-state index contributed by atoms with van der Waals surface area (Å²) in [5.74, 6) is 0.827. The topological polar surface area (TPSA) is 12.0 Å². The highest BCUT2D eigenvalue weighted by molar-refractivity contribution is 4.79. The molecule has 0 saturated heterocycles. The summed E-state index contributed by atoms with van der Waals surface area (Å²) in [6.45, 7) is 15.0. The molecule has 0 saturated carbocycles. The molecule has 2 atom stereocenters. The molecule has 2 unspecified atom stereocenters. The Morgan fingerprint density at radius 3 is 2.14 bits per heavy atom. The van der Waals surface area contributed by atoms with E-state index in [1.807, 2.05) is 0 Å². The van der Waals surface area contributed by atoms with Crippen LogP contribution in [0.25, 0.3) is 0 Å². The largest absolute Gasteiger partial charge is 0.315 e. The smallest absolute Gasteiger partial charge is 0.00437 e. The zero-order valence-electron chi connectivity index (χ0n) is 11.0. The fourth-order valence-electron chi connectivity index (χ4n) is 2.23. The molecule has 0 aromatic rings. The van der Waals surface area contributed by atoms with Gasteiger partial charge in [0.25, 0.3) is 0 Å². The Morgan fingerprint density at radius 2 is 1.71 bits per heavy atom. The van der Waals surface area contributed by atoms with Gasteiger partial charge in [0.05, 0.1) is 0 Å². The maximum absolute atomic E-state index is 3.50. The van der Waals surface area contributed by atoms with Crippen LogP contribution >= 0.6 is 0 Å². The Labute approximate surface area is 90.7 Å². The predicted octanol–water partition coefficient (Wildman–Crippen LogP) is 3.84. The molecule has 0 spiro atoms. The molecule has 0 radical (unpaired) electrons. The normalized spacial score (nSPS) is 16.7. The molecule has 1 heteroatoms. The van der Waals surface area contributed by atoms with Crippen LogP contribution in [0, 0.1) is 11.3 Å². The molecule has 0 aliphatic heterocycles. The molecule has 0 aromatic carbocycles. The third kappa shape index (κ3) is 4.99. The van der Waals surface area contributed by atoms with E-state index in [0.717, 1.165) is 12.5 Å². The van der Waals surface area contributed by atoms with Gasteiger partial charge in [-0.25, -0.2) is 0 Å². The van der Waals surface area contributed by atoms with E-state index in [4.69, 9.17) is 0 Å². The first-order valence-electron chi connectivity index (χ1n) is 6.17. The van der Waals surface area contributed by atoms with Gasteiger partial charge in [0.1, 0.15) is 0 Å². The third-order valence-corrected chi connectivity index (χ3v) is 3.44. The summed E-state index contributed by atoms with van der Waals surface area (Å²) in [5, 5.41) is 3.50. The van der Waals surface area contributed by atoms with Gasteiger partial charge in [0, 0.05) is 6.04 Å². The van der Waals surface area contributed by atoms with Crippen LogP contribution in [0.3, 0.4) is 0 Å². The predicted molar refractivity (Wildman–Crippen MR) is 65.6 cm³/mol. The summed E-state index contributed by atoms with van der Waals surface area (Å²) in [5.41, 5.74) is 0.470. The van der Waals surface area contributed by atoms with Gasteiger partial charge in [0.2, 0.25) is 0 Å². The van der Waals surface area contributed by atoms with Crippen LogP contribution < -0.4 is 5.32 Å². The number of rotatable bonds is 7. The van der Waals surface area contributed by atoms with Crippen LogP contribution in [0.4, 0.5) is 0 Å². The lowest BCUT2D eigenvalue weighted by atomic mass is 9.73. The van der Waals surface area contributed by atoms with Crippen molar-refractivity contribution < 1.29 is 0 Å². The molecular formula is C13H29N. The van der Waals surface area contributed by atoms with Crippen molar-refractivity contribution in [2.45, 2.75) is 66.8 Å². The average Bonchev–Trinajstić information content (AvgIpc) is 2.03. The second-order valence-corrected chi connectivity index (χ2v) is 5.34. The van der Waals surface area contributed by atoms with Crippen LogP contribution in [0.1, 0.15) is 60.8 Å².